The summed E-state index contributed by atoms with van der Waals surface area (Å²) in [5, 5.41) is 15.6. The first-order valence-corrected chi connectivity index (χ1v) is 7.92. The molecule has 0 fully saturated rings. The van der Waals surface area contributed by atoms with Gasteiger partial charge in [-0.05, 0) is 30.2 Å². The van der Waals surface area contributed by atoms with Crippen molar-refractivity contribution in [3.8, 4) is 6.07 Å². The predicted molar refractivity (Wildman–Crippen MR) is 95.0 cm³/mol. The molecule has 0 saturated carbocycles. The van der Waals surface area contributed by atoms with Crippen molar-refractivity contribution >= 4 is 17.5 Å². The van der Waals surface area contributed by atoms with Gasteiger partial charge in [0.05, 0.1) is 0 Å². The number of nitrogens with one attached hydrogen (secondary N) is 2. The van der Waals surface area contributed by atoms with Gasteiger partial charge in [-0.3, -0.25) is 4.79 Å². The number of hydrogen-bond acceptors (Lipinski definition) is 3. The van der Waals surface area contributed by atoms with Gasteiger partial charge in [0.1, 0.15) is 11.6 Å². The van der Waals surface area contributed by atoms with Gasteiger partial charge in [0, 0.05) is 23.8 Å². The first-order valence-electron chi connectivity index (χ1n) is 7.54. The quantitative estimate of drug-likeness (QED) is 0.622. The maximum absolute atomic E-state index is 12.1. The third-order valence-electron chi connectivity index (χ3n) is 3.51. The van der Waals surface area contributed by atoms with E-state index in [1.807, 2.05) is 55.5 Å². The van der Waals surface area contributed by atoms with Gasteiger partial charge >= 0.3 is 0 Å². The molecule has 0 aliphatic rings. The highest BCUT2D eigenvalue weighted by molar-refractivity contribution is 6.30. The van der Waals surface area contributed by atoms with Crippen molar-refractivity contribution in [2.45, 2.75) is 19.5 Å². The Morgan fingerprint density at radius 2 is 1.88 bits per heavy atom. The highest BCUT2D eigenvalue weighted by Crippen LogP contribution is 2.12. The van der Waals surface area contributed by atoms with Crippen LogP contribution in [0.4, 0.5) is 0 Å². The SMILES string of the molecule is CC(N/C=C(/C#N)C(=O)NCc1ccc(Cl)cc1)c1ccccc1. The maximum Gasteiger partial charge on any atom is 0.263 e. The zero-order valence-electron chi connectivity index (χ0n) is 13.3. The second kappa shape index (κ2) is 8.76. The van der Waals surface area contributed by atoms with E-state index in [-0.39, 0.29) is 11.6 Å². The summed E-state index contributed by atoms with van der Waals surface area (Å²) >= 11 is 5.82. The zero-order chi connectivity index (χ0) is 17.4. The molecule has 5 heteroatoms. The Morgan fingerprint density at radius 3 is 2.50 bits per heavy atom. The number of nitriles is 1. The molecule has 0 aliphatic heterocycles. The van der Waals surface area contributed by atoms with Crippen LogP contribution in [0.15, 0.2) is 66.4 Å². The molecule has 2 aromatic carbocycles. The van der Waals surface area contributed by atoms with Gasteiger partial charge in [-0.1, -0.05) is 54.1 Å². The minimum Gasteiger partial charge on any atom is -0.383 e. The fourth-order valence-corrected chi connectivity index (χ4v) is 2.20. The third-order valence-corrected chi connectivity index (χ3v) is 3.76. The van der Waals surface area contributed by atoms with E-state index in [4.69, 9.17) is 11.6 Å². The van der Waals surface area contributed by atoms with E-state index in [2.05, 4.69) is 10.6 Å². The van der Waals surface area contributed by atoms with E-state index < -0.39 is 5.91 Å². The van der Waals surface area contributed by atoms with Gasteiger partial charge in [-0.2, -0.15) is 5.26 Å². The molecule has 0 saturated heterocycles. The van der Waals surface area contributed by atoms with Crippen LogP contribution < -0.4 is 10.6 Å². The van der Waals surface area contributed by atoms with E-state index in [1.54, 1.807) is 12.1 Å². The van der Waals surface area contributed by atoms with Crippen LogP contribution >= 0.6 is 11.6 Å². The molecule has 1 atom stereocenters. The fourth-order valence-electron chi connectivity index (χ4n) is 2.07. The summed E-state index contributed by atoms with van der Waals surface area (Å²) in [5.74, 6) is -0.416. The lowest BCUT2D eigenvalue weighted by atomic mass is 10.1. The van der Waals surface area contributed by atoms with Crippen molar-refractivity contribution in [1.82, 2.24) is 10.6 Å². The lowest BCUT2D eigenvalue weighted by Crippen LogP contribution is -2.25. The van der Waals surface area contributed by atoms with Crippen LogP contribution in [0.5, 0.6) is 0 Å². The van der Waals surface area contributed by atoms with E-state index in [0.29, 0.717) is 11.6 Å². The Balaban J connectivity index is 1.93. The summed E-state index contributed by atoms with van der Waals surface area (Å²) in [7, 11) is 0. The fraction of sp³-hybridized carbons (Fsp3) is 0.158. The Morgan fingerprint density at radius 1 is 1.21 bits per heavy atom. The van der Waals surface area contributed by atoms with Gasteiger partial charge in [0.15, 0.2) is 0 Å². The van der Waals surface area contributed by atoms with Gasteiger partial charge in [-0.15, -0.1) is 0 Å². The predicted octanol–water partition coefficient (Wildman–Crippen LogP) is 3.71. The second-order valence-corrected chi connectivity index (χ2v) is 5.71. The van der Waals surface area contributed by atoms with Crippen LogP contribution in [-0.4, -0.2) is 5.91 Å². The Bertz CT molecular complexity index is 748. The smallest absolute Gasteiger partial charge is 0.263 e. The molecule has 2 aromatic rings. The summed E-state index contributed by atoms with van der Waals surface area (Å²) in [6, 6.07) is 18.9. The summed E-state index contributed by atoms with van der Waals surface area (Å²) in [4.78, 5) is 12.1. The number of rotatable bonds is 6. The molecule has 4 nitrogen and oxygen atoms in total. The summed E-state index contributed by atoms with van der Waals surface area (Å²) < 4.78 is 0. The van der Waals surface area contributed by atoms with Crippen LogP contribution in [0, 0.1) is 11.3 Å². The van der Waals surface area contributed by atoms with E-state index in [9.17, 15) is 10.1 Å². The van der Waals surface area contributed by atoms with Gasteiger partial charge < -0.3 is 10.6 Å². The standard InChI is InChI=1S/C19H18ClN3O/c1-14(16-5-3-2-4-6-16)22-13-17(11-21)19(24)23-12-15-7-9-18(20)10-8-15/h2-10,13-14,22H,12H2,1H3,(H,23,24)/b17-13-. The van der Waals surface area contributed by atoms with E-state index >= 15 is 0 Å². The van der Waals surface area contributed by atoms with Crippen LogP contribution in [0.1, 0.15) is 24.1 Å². The van der Waals surface area contributed by atoms with E-state index in [0.717, 1.165) is 11.1 Å². The first kappa shape index (κ1) is 17.6. The van der Waals surface area contributed by atoms with Crippen LogP contribution in [-0.2, 0) is 11.3 Å². The Kier molecular flexibility index (Phi) is 6.41. The topological polar surface area (TPSA) is 64.9 Å². The lowest BCUT2D eigenvalue weighted by molar-refractivity contribution is -0.117. The van der Waals surface area contributed by atoms with Crippen molar-refractivity contribution in [1.29, 1.82) is 5.26 Å². The van der Waals surface area contributed by atoms with Crippen LogP contribution in [0.3, 0.4) is 0 Å². The molecule has 122 valence electrons. The van der Waals surface area contributed by atoms with Crippen molar-refractivity contribution in [2.75, 3.05) is 0 Å². The molecule has 0 spiro atoms. The average Bonchev–Trinajstić information content (AvgIpc) is 2.62. The number of halogens is 1. The Labute approximate surface area is 146 Å². The Hall–Kier alpha value is -2.77. The normalized spacial score (nSPS) is 12.1. The lowest BCUT2D eigenvalue weighted by Gasteiger charge is -2.12. The summed E-state index contributed by atoms with van der Waals surface area (Å²) in [6.45, 7) is 2.30. The monoisotopic (exact) mass is 339 g/mol. The highest BCUT2D eigenvalue weighted by atomic mass is 35.5. The first-order chi connectivity index (χ1) is 11.6. The molecule has 2 N–H and O–H groups in total. The molecule has 0 heterocycles. The number of carbonyl (C=O) groups is 1. The molecule has 0 radical (unpaired) electrons. The van der Waals surface area contributed by atoms with Crippen molar-refractivity contribution in [3.05, 3.63) is 82.5 Å². The number of amides is 1. The van der Waals surface area contributed by atoms with Crippen molar-refractivity contribution in [3.63, 3.8) is 0 Å². The molecule has 2 rings (SSSR count). The van der Waals surface area contributed by atoms with Crippen molar-refractivity contribution in [2.24, 2.45) is 0 Å². The minimum atomic E-state index is -0.416. The average molecular weight is 340 g/mol. The molecule has 0 aliphatic carbocycles. The molecular formula is C19H18ClN3O. The highest BCUT2D eigenvalue weighted by Gasteiger charge is 2.10. The van der Waals surface area contributed by atoms with E-state index in [1.165, 1.54) is 6.20 Å². The minimum absolute atomic E-state index is 0.00128. The van der Waals surface area contributed by atoms with Gasteiger partial charge in [-0.25, -0.2) is 0 Å². The molecular weight excluding hydrogens is 322 g/mol. The van der Waals surface area contributed by atoms with Crippen LogP contribution in [0.25, 0.3) is 0 Å². The third kappa shape index (κ3) is 5.15. The number of nitrogens with zero attached hydrogens (tertiary/aromatic N) is 1. The van der Waals surface area contributed by atoms with Crippen molar-refractivity contribution < 1.29 is 4.79 Å². The number of hydrogen-bond donors (Lipinski definition) is 2. The van der Waals surface area contributed by atoms with Gasteiger partial charge in [0.25, 0.3) is 5.91 Å². The zero-order valence-corrected chi connectivity index (χ0v) is 14.0. The molecule has 0 bridgehead atoms. The second-order valence-electron chi connectivity index (χ2n) is 5.28. The molecule has 1 unspecified atom stereocenters. The molecule has 24 heavy (non-hydrogen) atoms. The van der Waals surface area contributed by atoms with Crippen LogP contribution in [0.2, 0.25) is 5.02 Å². The maximum atomic E-state index is 12.1. The largest absolute Gasteiger partial charge is 0.383 e. The summed E-state index contributed by atoms with van der Waals surface area (Å²) in [5.41, 5.74) is 2.02. The number of carbonyl (C=O) groups excluding carboxylic acids is 1. The summed E-state index contributed by atoms with van der Waals surface area (Å²) in [6.07, 6.45) is 1.45. The van der Waals surface area contributed by atoms with Gasteiger partial charge in [0.2, 0.25) is 0 Å². The number of benzene rings is 2. The molecule has 1 amide bonds. The molecule has 0 aromatic heterocycles.